The van der Waals surface area contributed by atoms with Gasteiger partial charge in [0.05, 0.1) is 10.8 Å². The first-order valence-electron chi connectivity index (χ1n) is 8.35. The van der Waals surface area contributed by atoms with Gasteiger partial charge in [-0.1, -0.05) is 36.8 Å². The number of benzene rings is 2. The number of fused-ring (bicyclic) bond motifs is 1. The van der Waals surface area contributed by atoms with Gasteiger partial charge in [0.15, 0.2) is 0 Å². The largest absolute Gasteiger partial charge is 0.325 e. The van der Waals surface area contributed by atoms with Crippen LogP contribution in [-0.2, 0) is 14.8 Å². The number of sulfonamides is 1. The summed E-state index contributed by atoms with van der Waals surface area (Å²) in [6, 6.07) is 12.3. The highest BCUT2D eigenvalue weighted by molar-refractivity contribution is 7.89. The van der Waals surface area contributed by atoms with E-state index >= 15 is 0 Å². The van der Waals surface area contributed by atoms with Crippen LogP contribution in [0.3, 0.4) is 0 Å². The normalized spacial score (nSPS) is 17.9. The van der Waals surface area contributed by atoms with E-state index in [1.165, 1.54) is 6.07 Å². The maximum absolute atomic E-state index is 12.8. The summed E-state index contributed by atoms with van der Waals surface area (Å²) in [5.74, 6) is -0.451. The van der Waals surface area contributed by atoms with Crippen molar-refractivity contribution in [2.24, 2.45) is 0 Å². The van der Waals surface area contributed by atoms with Crippen molar-refractivity contribution in [2.45, 2.75) is 44.0 Å². The highest BCUT2D eigenvalue weighted by atomic mass is 32.2. The number of anilines is 1. The zero-order chi connectivity index (χ0) is 18.2. The lowest BCUT2D eigenvalue weighted by Crippen LogP contribution is -2.28. The Bertz CT molecular complexity index is 905. The molecule has 0 unspecified atom stereocenters. The third-order valence-corrected chi connectivity index (χ3v) is 6.11. The molecular formula is C19H22N2O3S. The van der Waals surface area contributed by atoms with Gasteiger partial charge < -0.3 is 5.32 Å². The fourth-order valence-corrected chi connectivity index (χ4v) is 4.35. The van der Waals surface area contributed by atoms with Crippen molar-refractivity contribution in [3.8, 4) is 0 Å². The molecule has 2 atom stereocenters. The summed E-state index contributed by atoms with van der Waals surface area (Å²) in [6.07, 6.45) is 0.643. The Morgan fingerprint density at radius 3 is 2.48 bits per heavy atom. The van der Waals surface area contributed by atoms with Crippen molar-refractivity contribution in [3.05, 3.63) is 59.2 Å². The Labute approximate surface area is 148 Å². The topological polar surface area (TPSA) is 75.3 Å². The molecule has 0 fully saturated rings. The Kier molecular flexibility index (Phi) is 4.67. The van der Waals surface area contributed by atoms with E-state index in [1.807, 2.05) is 38.1 Å². The fourth-order valence-electron chi connectivity index (χ4n) is 3.00. The van der Waals surface area contributed by atoms with Gasteiger partial charge in [-0.05, 0) is 49.6 Å². The average Bonchev–Trinajstić information content (AvgIpc) is 2.87. The molecule has 2 N–H and O–H groups in total. The van der Waals surface area contributed by atoms with Crippen LogP contribution in [-0.4, -0.2) is 14.3 Å². The van der Waals surface area contributed by atoms with E-state index in [9.17, 15) is 13.2 Å². The molecule has 0 bridgehead atoms. The minimum atomic E-state index is -3.68. The molecule has 3 rings (SSSR count). The number of carbonyl (C=O) groups is 1. The second kappa shape index (κ2) is 6.61. The van der Waals surface area contributed by atoms with Gasteiger partial charge >= 0.3 is 0 Å². The second-order valence-corrected chi connectivity index (χ2v) is 8.17. The van der Waals surface area contributed by atoms with Gasteiger partial charge in [-0.15, -0.1) is 0 Å². The van der Waals surface area contributed by atoms with E-state index in [1.54, 1.807) is 19.1 Å². The van der Waals surface area contributed by atoms with E-state index in [0.717, 1.165) is 16.7 Å². The van der Waals surface area contributed by atoms with E-state index in [-0.39, 0.29) is 22.8 Å². The van der Waals surface area contributed by atoms with Gasteiger partial charge in [0.1, 0.15) is 0 Å². The minimum absolute atomic E-state index is 0.108. The summed E-state index contributed by atoms with van der Waals surface area (Å²) in [4.78, 5) is 11.9. The summed E-state index contributed by atoms with van der Waals surface area (Å²) in [5, 5.41) is 2.75. The number of carbonyl (C=O) groups excluding carboxylic acids is 1. The highest BCUT2D eigenvalue weighted by Gasteiger charge is 2.29. The molecule has 5 nitrogen and oxygen atoms in total. The van der Waals surface area contributed by atoms with Crippen LogP contribution < -0.4 is 10.0 Å². The quantitative estimate of drug-likeness (QED) is 0.859. The van der Waals surface area contributed by atoms with Gasteiger partial charge in [0.2, 0.25) is 15.9 Å². The standard InChI is InChI=1S/C19H22N2O3S/c1-4-17(14-7-5-12(2)6-8-14)21-25(23,24)15-9-10-18-16(11-15)13(3)19(22)20-18/h5-11,13,17,21H,4H2,1-3H3,(H,20,22)/t13-,17-/m0/s1. The molecule has 1 aliphatic rings. The first kappa shape index (κ1) is 17.6. The zero-order valence-electron chi connectivity index (χ0n) is 14.5. The number of hydrogen-bond donors (Lipinski definition) is 2. The molecule has 2 aromatic rings. The van der Waals surface area contributed by atoms with Gasteiger partial charge in [0.25, 0.3) is 0 Å². The van der Waals surface area contributed by atoms with Crippen LogP contribution in [0.4, 0.5) is 5.69 Å². The van der Waals surface area contributed by atoms with Crippen molar-refractivity contribution >= 4 is 21.6 Å². The maximum Gasteiger partial charge on any atom is 0.241 e. The average molecular weight is 358 g/mol. The lowest BCUT2D eigenvalue weighted by atomic mass is 10.0. The van der Waals surface area contributed by atoms with Crippen molar-refractivity contribution in [3.63, 3.8) is 0 Å². The molecule has 1 amide bonds. The number of nitrogens with one attached hydrogen (secondary N) is 2. The molecule has 1 heterocycles. The first-order valence-corrected chi connectivity index (χ1v) is 9.84. The zero-order valence-corrected chi connectivity index (χ0v) is 15.4. The van der Waals surface area contributed by atoms with Crippen LogP contribution in [0, 0.1) is 6.92 Å². The van der Waals surface area contributed by atoms with Crippen molar-refractivity contribution < 1.29 is 13.2 Å². The summed E-state index contributed by atoms with van der Waals surface area (Å²) in [7, 11) is -3.68. The Morgan fingerprint density at radius 1 is 1.16 bits per heavy atom. The van der Waals surface area contributed by atoms with Crippen molar-refractivity contribution in [1.82, 2.24) is 4.72 Å². The van der Waals surface area contributed by atoms with Crippen LogP contribution in [0.5, 0.6) is 0 Å². The molecule has 2 aromatic carbocycles. The molecule has 6 heteroatoms. The van der Waals surface area contributed by atoms with Crippen LogP contribution >= 0.6 is 0 Å². The second-order valence-electron chi connectivity index (χ2n) is 6.45. The fraction of sp³-hybridized carbons (Fsp3) is 0.316. The van der Waals surface area contributed by atoms with Crippen LogP contribution in [0.15, 0.2) is 47.4 Å². The number of rotatable bonds is 5. The molecule has 132 valence electrons. The number of aryl methyl sites for hydroxylation is 1. The third-order valence-electron chi connectivity index (χ3n) is 4.64. The Hall–Kier alpha value is -2.18. The monoisotopic (exact) mass is 358 g/mol. The molecule has 0 aromatic heterocycles. The van der Waals surface area contributed by atoms with E-state index in [4.69, 9.17) is 0 Å². The molecule has 0 radical (unpaired) electrons. The molecule has 0 spiro atoms. The summed E-state index contributed by atoms with van der Waals surface area (Å²) < 4.78 is 28.4. The van der Waals surface area contributed by atoms with E-state index in [2.05, 4.69) is 10.0 Å². The predicted molar refractivity (Wildman–Crippen MR) is 98.0 cm³/mol. The predicted octanol–water partition coefficient (Wildman–Crippen LogP) is 3.48. The lowest BCUT2D eigenvalue weighted by Gasteiger charge is -2.18. The SMILES string of the molecule is CC[C@H](NS(=O)(=O)c1ccc2c(c1)[C@H](C)C(=O)N2)c1ccc(C)cc1. The molecule has 25 heavy (non-hydrogen) atoms. The molecule has 0 aliphatic carbocycles. The molecule has 0 saturated carbocycles. The Balaban J connectivity index is 1.89. The summed E-state index contributed by atoms with van der Waals surface area (Å²) in [5.41, 5.74) is 3.47. The van der Waals surface area contributed by atoms with Crippen LogP contribution in [0.1, 0.15) is 48.9 Å². The summed E-state index contributed by atoms with van der Waals surface area (Å²) in [6.45, 7) is 5.71. The lowest BCUT2D eigenvalue weighted by molar-refractivity contribution is -0.116. The molecule has 0 saturated heterocycles. The smallest absolute Gasteiger partial charge is 0.241 e. The van der Waals surface area contributed by atoms with Crippen LogP contribution in [0.2, 0.25) is 0 Å². The van der Waals surface area contributed by atoms with Crippen LogP contribution in [0.25, 0.3) is 0 Å². The maximum atomic E-state index is 12.8. The Morgan fingerprint density at radius 2 is 1.84 bits per heavy atom. The van der Waals surface area contributed by atoms with E-state index in [0.29, 0.717) is 12.1 Å². The third kappa shape index (κ3) is 3.45. The first-order chi connectivity index (χ1) is 11.8. The van der Waals surface area contributed by atoms with Gasteiger partial charge in [0, 0.05) is 11.7 Å². The van der Waals surface area contributed by atoms with E-state index < -0.39 is 10.0 Å². The van der Waals surface area contributed by atoms with Gasteiger partial charge in [-0.2, -0.15) is 0 Å². The number of amides is 1. The minimum Gasteiger partial charge on any atom is -0.325 e. The highest BCUT2D eigenvalue weighted by Crippen LogP contribution is 2.34. The van der Waals surface area contributed by atoms with Gasteiger partial charge in [-0.3, -0.25) is 4.79 Å². The van der Waals surface area contributed by atoms with Crippen molar-refractivity contribution in [2.75, 3.05) is 5.32 Å². The van der Waals surface area contributed by atoms with Gasteiger partial charge in [-0.25, -0.2) is 13.1 Å². The number of hydrogen-bond acceptors (Lipinski definition) is 3. The molecular weight excluding hydrogens is 336 g/mol. The molecule has 1 aliphatic heterocycles. The van der Waals surface area contributed by atoms with Crippen molar-refractivity contribution in [1.29, 1.82) is 0 Å². The summed E-state index contributed by atoms with van der Waals surface area (Å²) >= 11 is 0.